The standard InChI is InChI=1S/C16H19N7O3/c24-15(21-10-3-1-9(2-4-10)5-19-16(25)26)11-6-17-14-13(11)23-8-20-22-12(23)7-18-14/h6-10,17,19H,1-5H2,(H,21,24)(H,25,26). The summed E-state index contributed by atoms with van der Waals surface area (Å²) in [4.78, 5) is 30.6. The minimum Gasteiger partial charge on any atom is -0.465 e. The van der Waals surface area contributed by atoms with Crippen LogP contribution in [0.15, 0.2) is 18.7 Å². The smallest absolute Gasteiger partial charge is 0.404 e. The molecular weight excluding hydrogens is 338 g/mol. The van der Waals surface area contributed by atoms with E-state index in [4.69, 9.17) is 5.11 Å². The zero-order chi connectivity index (χ0) is 18.1. The molecule has 0 radical (unpaired) electrons. The van der Waals surface area contributed by atoms with E-state index in [2.05, 4.69) is 30.8 Å². The highest BCUT2D eigenvalue weighted by Gasteiger charge is 2.24. The summed E-state index contributed by atoms with van der Waals surface area (Å²) < 4.78 is 1.74. The van der Waals surface area contributed by atoms with E-state index < -0.39 is 6.09 Å². The van der Waals surface area contributed by atoms with E-state index in [1.165, 1.54) is 0 Å². The third kappa shape index (κ3) is 3.05. The number of H-pyrrole nitrogens is 1. The van der Waals surface area contributed by atoms with Crippen molar-refractivity contribution in [3.63, 3.8) is 0 Å². The molecule has 3 heterocycles. The largest absolute Gasteiger partial charge is 0.465 e. The molecule has 4 rings (SSSR count). The zero-order valence-corrected chi connectivity index (χ0v) is 14.0. The Kier molecular flexibility index (Phi) is 4.15. The molecule has 4 N–H and O–H groups in total. The van der Waals surface area contributed by atoms with Gasteiger partial charge < -0.3 is 20.7 Å². The number of aromatic nitrogens is 5. The number of amides is 2. The van der Waals surface area contributed by atoms with Crippen molar-refractivity contribution < 1.29 is 14.7 Å². The monoisotopic (exact) mass is 357 g/mol. The average molecular weight is 357 g/mol. The highest BCUT2D eigenvalue weighted by atomic mass is 16.4. The Morgan fingerprint density at radius 1 is 1.31 bits per heavy atom. The van der Waals surface area contributed by atoms with Crippen LogP contribution < -0.4 is 10.6 Å². The van der Waals surface area contributed by atoms with Crippen molar-refractivity contribution in [3.8, 4) is 0 Å². The lowest BCUT2D eigenvalue weighted by Crippen LogP contribution is -2.39. The van der Waals surface area contributed by atoms with Gasteiger partial charge in [0.25, 0.3) is 5.91 Å². The number of aromatic amines is 1. The van der Waals surface area contributed by atoms with Gasteiger partial charge in [-0.15, -0.1) is 10.2 Å². The number of carbonyl (C=O) groups excluding carboxylic acids is 1. The van der Waals surface area contributed by atoms with E-state index >= 15 is 0 Å². The third-order valence-electron chi connectivity index (χ3n) is 4.93. The fourth-order valence-electron chi connectivity index (χ4n) is 3.55. The number of hydrogen-bond donors (Lipinski definition) is 4. The summed E-state index contributed by atoms with van der Waals surface area (Å²) in [7, 11) is 0. The molecule has 0 spiro atoms. The molecule has 3 aromatic heterocycles. The maximum absolute atomic E-state index is 12.7. The van der Waals surface area contributed by atoms with Crippen LogP contribution in [0.5, 0.6) is 0 Å². The van der Waals surface area contributed by atoms with Crippen molar-refractivity contribution in [2.24, 2.45) is 5.92 Å². The number of rotatable bonds is 4. The molecule has 0 unspecified atom stereocenters. The van der Waals surface area contributed by atoms with Crippen molar-refractivity contribution in [2.45, 2.75) is 31.7 Å². The minimum atomic E-state index is -0.992. The molecular formula is C16H19N7O3. The number of hydrogen-bond acceptors (Lipinski definition) is 5. The molecule has 0 aliphatic heterocycles. The Balaban J connectivity index is 1.44. The van der Waals surface area contributed by atoms with Gasteiger partial charge in [-0.3, -0.25) is 9.20 Å². The molecule has 0 aromatic carbocycles. The molecule has 1 saturated carbocycles. The topological polar surface area (TPSA) is 137 Å². The first-order valence-corrected chi connectivity index (χ1v) is 8.55. The van der Waals surface area contributed by atoms with Crippen LogP contribution in [0.3, 0.4) is 0 Å². The number of nitrogens with one attached hydrogen (secondary N) is 3. The van der Waals surface area contributed by atoms with Gasteiger partial charge in [0.05, 0.1) is 11.8 Å². The average Bonchev–Trinajstić information content (AvgIpc) is 3.27. The molecule has 1 aliphatic carbocycles. The van der Waals surface area contributed by atoms with Crippen LogP contribution in [0.1, 0.15) is 36.0 Å². The second-order valence-corrected chi connectivity index (χ2v) is 6.59. The SMILES string of the molecule is O=C(O)NCC1CCC(NC(=O)c2c[nH]c3ncc4nncn4c23)CC1. The summed E-state index contributed by atoms with van der Waals surface area (Å²) in [6.07, 6.45) is 7.25. The maximum Gasteiger partial charge on any atom is 0.404 e. The minimum absolute atomic E-state index is 0.0848. The van der Waals surface area contributed by atoms with Crippen LogP contribution in [0.2, 0.25) is 0 Å². The predicted molar refractivity (Wildman–Crippen MR) is 91.9 cm³/mol. The quantitative estimate of drug-likeness (QED) is 0.553. The van der Waals surface area contributed by atoms with Gasteiger partial charge in [0.15, 0.2) is 11.3 Å². The Morgan fingerprint density at radius 2 is 2.12 bits per heavy atom. The predicted octanol–water partition coefficient (Wildman–Crippen LogP) is 1.16. The van der Waals surface area contributed by atoms with Gasteiger partial charge in [0, 0.05) is 18.8 Å². The Bertz CT molecular complexity index is 955. The van der Waals surface area contributed by atoms with Crippen LogP contribution in [0.25, 0.3) is 16.8 Å². The molecule has 26 heavy (non-hydrogen) atoms. The molecule has 0 bridgehead atoms. The first-order valence-electron chi connectivity index (χ1n) is 8.55. The molecule has 10 heteroatoms. The van der Waals surface area contributed by atoms with Crippen LogP contribution in [0, 0.1) is 5.92 Å². The fourth-order valence-corrected chi connectivity index (χ4v) is 3.55. The highest BCUT2D eigenvalue weighted by molar-refractivity contribution is 6.05. The van der Waals surface area contributed by atoms with E-state index in [0.717, 1.165) is 25.7 Å². The first-order chi connectivity index (χ1) is 12.6. The lowest BCUT2D eigenvalue weighted by Gasteiger charge is -2.28. The lowest BCUT2D eigenvalue weighted by molar-refractivity contribution is 0.0923. The molecule has 136 valence electrons. The van der Waals surface area contributed by atoms with Crippen molar-refractivity contribution in [1.29, 1.82) is 0 Å². The molecule has 0 saturated heterocycles. The molecule has 1 fully saturated rings. The first kappa shape index (κ1) is 16.3. The van der Waals surface area contributed by atoms with Gasteiger partial charge in [-0.1, -0.05) is 0 Å². The molecule has 3 aromatic rings. The van der Waals surface area contributed by atoms with Crippen LogP contribution >= 0.6 is 0 Å². The van der Waals surface area contributed by atoms with Gasteiger partial charge in [-0.05, 0) is 31.6 Å². The molecule has 1 aliphatic rings. The Hall–Kier alpha value is -3.17. The molecule has 2 amide bonds. The van der Waals surface area contributed by atoms with Crippen molar-refractivity contribution in [1.82, 2.24) is 35.2 Å². The van der Waals surface area contributed by atoms with E-state index in [-0.39, 0.29) is 11.9 Å². The van der Waals surface area contributed by atoms with Crippen molar-refractivity contribution in [3.05, 3.63) is 24.3 Å². The normalized spacial score (nSPS) is 20.3. The number of fused-ring (bicyclic) bond motifs is 3. The summed E-state index contributed by atoms with van der Waals surface area (Å²) in [6, 6.07) is 0.0848. The molecule has 10 nitrogen and oxygen atoms in total. The van der Waals surface area contributed by atoms with Gasteiger partial charge in [0.2, 0.25) is 0 Å². The number of carboxylic acid groups (broad SMARTS) is 1. The van der Waals surface area contributed by atoms with Crippen LogP contribution in [-0.4, -0.2) is 54.3 Å². The Morgan fingerprint density at radius 3 is 2.88 bits per heavy atom. The fraction of sp³-hybridized carbons (Fsp3) is 0.438. The van der Waals surface area contributed by atoms with E-state index in [1.807, 2.05) is 0 Å². The summed E-state index contributed by atoms with van der Waals surface area (Å²) in [6.45, 7) is 0.468. The lowest BCUT2D eigenvalue weighted by atomic mass is 9.86. The summed E-state index contributed by atoms with van der Waals surface area (Å²) in [5.41, 5.74) is 2.35. The van der Waals surface area contributed by atoms with E-state index in [1.54, 1.807) is 23.1 Å². The number of nitrogens with zero attached hydrogens (tertiary/aromatic N) is 4. The maximum atomic E-state index is 12.7. The van der Waals surface area contributed by atoms with Crippen LogP contribution in [-0.2, 0) is 0 Å². The second kappa shape index (κ2) is 6.62. The van der Waals surface area contributed by atoms with Gasteiger partial charge in [0.1, 0.15) is 11.8 Å². The molecule has 0 atom stereocenters. The zero-order valence-electron chi connectivity index (χ0n) is 14.0. The van der Waals surface area contributed by atoms with Crippen molar-refractivity contribution in [2.75, 3.05) is 6.54 Å². The summed E-state index contributed by atoms with van der Waals surface area (Å²) >= 11 is 0. The van der Waals surface area contributed by atoms with Gasteiger partial charge in [-0.25, -0.2) is 9.78 Å². The van der Waals surface area contributed by atoms with Crippen molar-refractivity contribution >= 4 is 28.8 Å². The highest BCUT2D eigenvalue weighted by Crippen LogP contribution is 2.25. The number of carbonyl (C=O) groups is 2. The van der Waals surface area contributed by atoms with E-state index in [9.17, 15) is 9.59 Å². The van der Waals surface area contributed by atoms with E-state index in [0.29, 0.717) is 34.8 Å². The summed E-state index contributed by atoms with van der Waals surface area (Å²) in [5, 5.41) is 22.0. The third-order valence-corrected chi connectivity index (χ3v) is 4.93. The Labute approximate surface area is 148 Å². The summed E-state index contributed by atoms with van der Waals surface area (Å²) in [5.74, 6) is 0.166. The second-order valence-electron chi connectivity index (χ2n) is 6.59. The van der Waals surface area contributed by atoms with Crippen LogP contribution in [0.4, 0.5) is 4.79 Å². The van der Waals surface area contributed by atoms with Gasteiger partial charge >= 0.3 is 6.09 Å². The van der Waals surface area contributed by atoms with Gasteiger partial charge in [-0.2, -0.15) is 0 Å².